The van der Waals surface area contributed by atoms with Gasteiger partial charge in [0, 0.05) is 30.7 Å². The van der Waals surface area contributed by atoms with Gasteiger partial charge >= 0.3 is 0 Å². The number of fused-ring (bicyclic) bond motifs is 2. The van der Waals surface area contributed by atoms with Crippen LogP contribution in [0.3, 0.4) is 0 Å². The molecule has 3 aromatic rings. The Hall–Kier alpha value is -2.82. The zero-order valence-electron chi connectivity index (χ0n) is 14.1. The predicted octanol–water partition coefficient (Wildman–Crippen LogP) is 2.94. The summed E-state index contributed by atoms with van der Waals surface area (Å²) >= 11 is 0. The smallest absolute Gasteiger partial charge is 0.226 e. The molecule has 0 radical (unpaired) electrons. The number of anilines is 1. The number of nitrogens with zero attached hydrogens (tertiary/aromatic N) is 2. The number of para-hydroxylation sites is 2. The van der Waals surface area contributed by atoms with Gasteiger partial charge in [0.1, 0.15) is 5.69 Å². The Morgan fingerprint density at radius 2 is 2.00 bits per heavy atom. The Balaban J connectivity index is 1.25. The molecule has 0 unspecified atom stereocenters. The Labute approximate surface area is 146 Å². The molecule has 1 aromatic heterocycles. The zero-order chi connectivity index (χ0) is 17.1. The largest absolute Gasteiger partial charge is 0.371 e. The maximum absolute atomic E-state index is 12.1. The minimum absolute atomic E-state index is 0.0131. The second-order valence-corrected chi connectivity index (χ2v) is 6.37. The van der Waals surface area contributed by atoms with E-state index >= 15 is 0 Å². The number of rotatable bonds is 6. The van der Waals surface area contributed by atoms with E-state index in [2.05, 4.69) is 39.6 Å². The van der Waals surface area contributed by atoms with Gasteiger partial charge < -0.3 is 14.7 Å². The molecule has 0 saturated carbocycles. The Kier molecular flexibility index (Phi) is 4.37. The van der Waals surface area contributed by atoms with Crippen LogP contribution in [0.1, 0.15) is 17.7 Å². The highest BCUT2D eigenvalue weighted by atomic mass is 16.5. The molecule has 25 heavy (non-hydrogen) atoms. The fraction of sp³-hybridized carbons (Fsp3) is 0.300. The molecule has 5 nitrogen and oxygen atoms in total. The molecule has 2 aromatic carbocycles. The molecular weight excluding hydrogens is 314 g/mol. The Morgan fingerprint density at radius 3 is 2.96 bits per heavy atom. The van der Waals surface area contributed by atoms with E-state index in [-0.39, 0.29) is 12.3 Å². The average Bonchev–Trinajstić information content (AvgIpc) is 3.24. The topological polar surface area (TPSA) is 58.4 Å². The number of carbonyl (C=O) groups is 1. The molecule has 0 aliphatic carbocycles. The molecule has 1 aliphatic rings. The Bertz CT molecular complexity index is 887. The van der Waals surface area contributed by atoms with Gasteiger partial charge in [0.05, 0.1) is 6.42 Å². The van der Waals surface area contributed by atoms with Crippen molar-refractivity contribution in [3.63, 3.8) is 0 Å². The number of amides is 1. The number of nitrogens with one attached hydrogen (secondary N) is 1. The van der Waals surface area contributed by atoms with Crippen LogP contribution in [0.25, 0.3) is 11.0 Å². The van der Waals surface area contributed by atoms with Crippen LogP contribution in [0.2, 0.25) is 0 Å². The minimum Gasteiger partial charge on any atom is -0.371 e. The summed E-state index contributed by atoms with van der Waals surface area (Å²) in [5, 5.41) is 7.90. The highest BCUT2D eigenvalue weighted by Gasteiger charge is 2.17. The van der Waals surface area contributed by atoms with Crippen LogP contribution in [0.5, 0.6) is 0 Å². The fourth-order valence-corrected chi connectivity index (χ4v) is 3.42. The van der Waals surface area contributed by atoms with Gasteiger partial charge in [-0.25, -0.2) is 0 Å². The average molecular weight is 335 g/mol. The summed E-state index contributed by atoms with van der Waals surface area (Å²) in [5.41, 5.74) is 4.17. The molecule has 0 atom stereocenters. The number of hydrogen-bond donors (Lipinski definition) is 1. The fourth-order valence-electron chi connectivity index (χ4n) is 3.42. The van der Waals surface area contributed by atoms with Gasteiger partial charge in [-0.3, -0.25) is 4.79 Å². The van der Waals surface area contributed by atoms with E-state index in [9.17, 15) is 4.79 Å². The molecule has 1 N–H and O–H groups in total. The molecule has 0 spiro atoms. The highest BCUT2D eigenvalue weighted by molar-refractivity contribution is 5.86. The van der Waals surface area contributed by atoms with Crippen molar-refractivity contribution >= 4 is 22.6 Å². The molecule has 4 rings (SSSR count). The first-order chi connectivity index (χ1) is 12.3. The van der Waals surface area contributed by atoms with Crippen molar-refractivity contribution < 1.29 is 9.32 Å². The third kappa shape index (κ3) is 3.36. The summed E-state index contributed by atoms with van der Waals surface area (Å²) in [6.45, 7) is 2.70. The van der Waals surface area contributed by atoms with E-state index in [0.29, 0.717) is 12.2 Å². The predicted molar refractivity (Wildman–Crippen MR) is 97.7 cm³/mol. The van der Waals surface area contributed by atoms with Gasteiger partial charge in [0.25, 0.3) is 0 Å². The second kappa shape index (κ2) is 6.97. The van der Waals surface area contributed by atoms with E-state index in [1.165, 1.54) is 11.3 Å². The first kappa shape index (κ1) is 15.7. The lowest BCUT2D eigenvalue weighted by atomic mass is 10.1. The van der Waals surface area contributed by atoms with Crippen molar-refractivity contribution in [2.75, 3.05) is 24.5 Å². The van der Waals surface area contributed by atoms with Crippen LogP contribution >= 0.6 is 0 Å². The van der Waals surface area contributed by atoms with E-state index in [1.807, 2.05) is 24.3 Å². The summed E-state index contributed by atoms with van der Waals surface area (Å²) < 4.78 is 5.24. The minimum atomic E-state index is -0.0131. The molecule has 1 aliphatic heterocycles. The molecule has 5 heteroatoms. The summed E-state index contributed by atoms with van der Waals surface area (Å²) in [5.74, 6) is -0.0131. The lowest BCUT2D eigenvalue weighted by Crippen LogP contribution is -2.30. The summed E-state index contributed by atoms with van der Waals surface area (Å²) in [7, 11) is 0. The molecule has 2 heterocycles. The SMILES string of the molecule is O=C(Cc1noc2ccccc12)NCCCN1CCc2ccccc21. The summed E-state index contributed by atoms with van der Waals surface area (Å²) in [6.07, 6.45) is 2.30. The first-order valence-corrected chi connectivity index (χ1v) is 8.74. The Morgan fingerprint density at radius 1 is 1.16 bits per heavy atom. The standard InChI is InChI=1S/C20H21N3O2/c24-20(14-17-16-7-2-4-9-19(16)25-22-17)21-11-5-12-23-13-10-15-6-1-3-8-18(15)23/h1-4,6-9H,5,10-14H2,(H,21,24). The van der Waals surface area contributed by atoms with Crippen LogP contribution in [-0.4, -0.2) is 30.7 Å². The van der Waals surface area contributed by atoms with Gasteiger partial charge in [0.15, 0.2) is 5.58 Å². The van der Waals surface area contributed by atoms with Gasteiger partial charge in [-0.1, -0.05) is 35.5 Å². The van der Waals surface area contributed by atoms with Crippen LogP contribution in [0.15, 0.2) is 53.1 Å². The third-order valence-electron chi connectivity index (χ3n) is 4.69. The summed E-state index contributed by atoms with van der Waals surface area (Å²) in [6, 6.07) is 16.2. The lowest BCUT2D eigenvalue weighted by Gasteiger charge is -2.19. The number of benzene rings is 2. The van der Waals surface area contributed by atoms with Crippen molar-refractivity contribution in [3.05, 3.63) is 59.8 Å². The lowest BCUT2D eigenvalue weighted by molar-refractivity contribution is -0.120. The van der Waals surface area contributed by atoms with Crippen molar-refractivity contribution in [2.24, 2.45) is 0 Å². The van der Waals surface area contributed by atoms with E-state index in [1.54, 1.807) is 0 Å². The third-order valence-corrected chi connectivity index (χ3v) is 4.69. The van der Waals surface area contributed by atoms with Gasteiger partial charge in [-0.05, 0) is 36.6 Å². The van der Waals surface area contributed by atoms with Crippen molar-refractivity contribution in [3.8, 4) is 0 Å². The van der Waals surface area contributed by atoms with Crippen molar-refractivity contribution in [1.82, 2.24) is 10.5 Å². The van der Waals surface area contributed by atoms with Crippen LogP contribution in [0.4, 0.5) is 5.69 Å². The van der Waals surface area contributed by atoms with Gasteiger partial charge in [0.2, 0.25) is 5.91 Å². The maximum atomic E-state index is 12.1. The van der Waals surface area contributed by atoms with Gasteiger partial charge in [-0.15, -0.1) is 0 Å². The molecule has 128 valence electrons. The van der Waals surface area contributed by atoms with Crippen molar-refractivity contribution in [2.45, 2.75) is 19.3 Å². The van der Waals surface area contributed by atoms with E-state index in [4.69, 9.17) is 4.52 Å². The molecule has 0 saturated heterocycles. The summed E-state index contributed by atoms with van der Waals surface area (Å²) in [4.78, 5) is 14.5. The quantitative estimate of drug-likeness (QED) is 0.704. The highest BCUT2D eigenvalue weighted by Crippen LogP contribution is 2.27. The zero-order valence-corrected chi connectivity index (χ0v) is 14.1. The van der Waals surface area contributed by atoms with Crippen molar-refractivity contribution in [1.29, 1.82) is 0 Å². The number of aromatic nitrogens is 1. The second-order valence-electron chi connectivity index (χ2n) is 6.37. The number of hydrogen-bond acceptors (Lipinski definition) is 4. The molecule has 0 bridgehead atoms. The monoisotopic (exact) mass is 335 g/mol. The van der Waals surface area contributed by atoms with Crippen LogP contribution < -0.4 is 10.2 Å². The first-order valence-electron chi connectivity index (χ1n) is 8.74. The maximum Gasteiger partial charge on any atom is 0.226 e. The number of carbonyl (C=O) groups excluding carboxylic acids is 1. The molecular formula is C20H21N3O2. The van der Waals surface area contributed by atoms with E-state index < -0.39 is 0 Å². The van der Waals surface area contributed by atoms with E-state index in [0.717, 1.165) is 36.9 Å². The van der Waals surface area contributed by atoms with Crippen LogP contribution in [-0.2, 0) is 17.6 Å². The molecule has 1 amide bonds. The van der Waals surface area contributed by atoms with Gasteiger partial charge in [-0.2, -0.15) is 0 Å². The normalized spacial score (nSPS) is 13.2. The molecule has 0 fully saturated rings. The van der Waals surface area contributed by atoms with Crippen LogP contribution in [0, 0.1) is 0 Å².